The van der Waals surface area contributed by atoms with Crippen molar-refractivity contribution < 1.29 is 30.3 Å². The van der Waals surface area contributed by atoms with Crippen LogP contribution in [0.5, 0.6) is 0 Å². The monoisotopic (exact) mass is 194 g/mol. The zero-order chi connectivity index (χ0) is 10.2. The molecule has 1 aliphatic rings. The van der Waals surface area contributed by atoms with Crippen LogP contribution in [0.3, 0.4) is 0 Å². The van der Waals surface area contributed by atoms with Crippen molar-refractivity contribution in [2.24, 2.45) is 0 Å². The SMILES string of the molecule is C[C@@H](O)[C@H]1O[C@@H](O)[C@H](O)[C@@H](O)[C@@H]1O. The summed E-state index contributed by atoms with van der Waals surface area (Å²) in [5, 5.41) is 45.6. The van der Waals surface area contributed by atoms with Crippen molar-refractivity contribution in [2.45, 2.75) is 43.7 Å². The van der Waals surface area contributed by atoms with Gasteiger partial charge in [-0.1, -0.05) is 0 Å². The fourth-order valence-corrected chi connectivity index (χ4v) is 1.29. The largest absolute Gasteiger partial charge is 0.391 e. The molecule has 0 saturated carbocycles. The topological polar surface area (TPSA) is 110 Å². The van der Waals surface area contributed by atoms with Crippen LogP contribution in [0.4, 0.5) is 0 Å². The van der Waals surface area contributed by atoms with Crippen LogP contribution in [0.15, 0.2) is 0 Å². The Hall–Kier alpha value is -0.240. The predicted octanol–water partition coefficient (Wildman–Crippen LogP) is -2.83. The second-order valence-corrected chi connectivity index (χ2v) is 3.20. The summed E-state index contributed by atoms with van der Waals surface area (Å²) in [6.07, 6.45) is -8.18. The van der Waals surface area contributed by atoms with E-state index in [2.05, 4.69) is 4.74 Å². The highest BCUT2D eigenvalue weighted by molar-refractivity contribution is 4.90. The summed E-state index contributed by atoms with van der Waals surface area (Å²) >= 11 is 0. The van der Waals surface area contributed by atoms with Gasteiger partial charge >= 0.3 is 0 Å². The van der Waals surface area contributed by atoms with Crippen molar-refractivity contribution in [1.82, 2.24) is 0 Å². The van der Waals surface area contributed by atoms with Gasteiger partial charge in [0.25, 0.3) is 0 Å². The number of aliphatic hydroxyl groups is 5. The van der Waals surface area contributed by atoms with Crippen LogP contribution < -0.4 is 0 Å². The lowest BCUT2D eigenvalue weighted by Crippen LogP contribution is -2.60. The molecule has 0 aromatic heterocycles. The van der Waals surface area contributed by atoms with Crippen molar-refractivity contribution in [3.8, 4) is 0 Å². The molecule has 6 nitrogen and oxygen atoms in total. The maximum atomic E-state index is 9.29. The molecule has 0 aliphatic carbocycles. The van der Waals surface area contributed by atoms with Gasteiger partial charge in [-0.2, -0.15) is 0 Å². The molecule has 78 valence electrons. The van der Waals surface area contributed by atoms with Gasteiger partial charge in [0.1, 0.15) is 24.4 Å². The van der Waals surface area contributed by atoms with Crippen LogP contribution in [-0.2, 0) is 4.74 Å². The molecule has 0 amide bonds. The Kier molecular flexibility index (Phi) is 3.23. The number of rotatable bonds is 1. The smallest absolute Gasteiger partial charge is 0.184 e. The first-order valence-corrected chi connectivity index (χ1v) is 4.01. The van der Waals surface area contributed by atoms with Gasteiger partial charge < -0.3 is 30.3 Å². The molecule has 0 radical (unpaired) electrons. The van der Waals surface area contributed by atoms with Gasteiger partial charge in [0.05, 0.1) is 6.10 Å². The number of ether oxygens (including phenoxy) is 1. The molecular formula is C7H14O6. The van der Waals surface area contributed by atoms with Crippen LogP contribution in [0.1, 0.15) is 6.92 Å². The Bertz CT molecular complexity index is 172. The van der Waals surface area contributed by atoms with Gasteiger partial charge in [-0.3, -0.25) is 0 Å². The van der Waals surface area contributed by atoms with Crippen molar-refractivity contribution in [3.63, 3.8) is 0 Å². The van der Waals surface area contributed by atoms with E-state index in [-0.39, 0.29) is 0 Å². The summed E-state index contributed by atoms with van der Waals surface area (Å²) in [4.78, 5) is 0. The first-order chi connectivity index (χ1) is 5.95. The Labute approximate surface area is 75.0 Å². The maximum Gasteiger partial charge on any atom is 0.184 e. The van der Waals surface area contributed by atoms with Gasteiger partial charge in [0, 0.05) is 0 Å². The molecule has 0 spiro atoms. The zero-order valence-corrected chi connectivity index (χ0v) is 7.11. The summed E-state index contributed by atoms with van der Waals surface area (Å²) in [5.74, 6) is 0. The molecule has 1 saturated heterocycles. The second kappa shape index (κ2) is 3.87. The molecular weight excluding hydrogens is 180 g/mol. The third kappa shape index (κ3) is 1.98. The average molecular weight is 194 g/mol. The standard InChI is InChI=1S/C7H14O6/c1-2(8)6-4(10)3(9)5(11)7(12)13-6/h2-12H,1H3/t2-,3+,4+,5-,6-,7-/m1/s1. The van der Waals surface area contributed by atoms with E-state index >= 15 is 0 Å². The highest BCUT2D eigenvalue weighted by Crippen LogP contribution is 2.21. The van der Waals surface area contributed by atoms with Crippen LogP contribution >= 0.6 is 0 Å². The molecule has 1 heterocycles. The minimum Gasteiger partial charge on any atom is -0.391 e. The van der Waals surface area contributed by atoms with Gasteiger partial charge in [-0.05, 0) is 6.92 Å². The van der Waals surface area contributed by atoms with Gasteiger partial charge in [0.15, 0.2) is 6.29 Å². The first kappa shape index (κ1) is 10.8. The molecule has 1 aliphatic heterocycles. The third-order valence-corrected chi connectivity index (χ3v) is 2.10. The predicted molar refractivity (Wildman–Crippen MR) is 40.6 cm³/mol. The quantitative estimate of drug-likeness (QED) is 0.308. The number of hydrogen-bond acceptors (Lipinski definition) is 6. The molecule has 13 heavy (non-hydrogen) atoms. The lowest BCUT2D eigenvalue weighted by Gasteiger charge is -2.39. The van der Waals surface area contributed by atoms with Gasteiger partial charge in [-0.25, -0.2) is 0 Å². The van der Waals surface area contributed by atoms with E-state index < -0.39 is 36.8 Å². The van der Waals surface area contributed by atoms with Crippen LogP contribution in [-0.4, -0.2) is 62.3 Å². The minimum atomic E-state index is -1.59. The van der Waals surface area contributed by atoms with E-state index in [1.165, 1.54) is 6.92 Å². The molecule has 0 bridgehead atoms. The normalized spacial score (nSPS) is 48.9. The fourth-order valence-electron chi connectivity index (χ4n) is 1.29. The number of hydrogen-bond donors (Lipinski definition) is 5. The summed E-state index contributed by atoms with van der Waals surface area (Å²) in [6.45, 7) is 1.35. The molecule has 0 unspecified atom stereocenters. The van der Waals surface area contributed by atoms with Crippen LogP contribution in [0.25, 0.3) is 0 Å². The third-order valence-electron chi connectivity index (χ3n) is 2.10. The summed E-state index contributed by atoms with van der Waals surface area (Å²) in [5.41, 5.74) is 0. The molecule has 6 atom stereocenters. The zero-order valence-electron chi connectivity index (χ0n) is 7.11. The molecule has 6 heteroatoms. The highest BCUT2D eigenvalue weighted by atomic mass is 16.6. The molecule has 0 aromatic carbocycles. The lowest BCUT2D eigenvalue weighted by molar-refractivity contribution is -0.295. The highest BCUT2D eigenvalue weighted by Gasteiger charge is 2.44. The summed E-state index contributed by atoms with van der Waals surface area (Å²) < 4.78 is 4.69. The van der Waals surface area contributed by atoms with Crippen molar-refractivity contribution in [1.29, 1.82) is 0 Å². The molecule has 1 fully saturated rings. The Morgan fingerprint density at radius 2 is 1.54 bits per heavy atom. The maximum absolute atomic E-state index is 9.29. The van der Waals surface area contributed by atoms with Crippen LogP contribution in [0.2, 0.25) is 0 Å². The Morgan fingerprint density at radius 1 is 1.00 bits per heavy atom. The Balaban J connectivity index is 2.70. The summed E-state index contributed by atoms with van der Waals surface area (Å²) in [7, 11) is 0. The van der Waals surface area contributed by atoms with E-state index in [9.17, 15) is 10.2 Å². The minimum absolute atomic E-state index is 1.04. The van der Waals surface area contributed by atoms with E-state index in [0.29, 0.717) is 0 Å². The lowest BCUT2D eigenvalue weighted by atomic mass is 9.96. The van der Waals surface area contributed by atoms with E-state index in [1.54, 1.807) is 0 Å². The average Bonchev–Trinajstić information content (AvgIpc) is 2.07. The fraction of sp³-hybridized carbons (Fsp3) is 1.00. The van der Waals surface area contributed by atoms with Crippen molar-refractivity contribution in [2.75, 3.05) is 0 Å². The van der Waals surface area contributed by atoms with Crippen molar-refractivity contribution >= 4 is 0 Å². The van der Waals surface area contributed by atoms with E-state index in [1.807, 2.05) is 0 Å². The Morgan fingerprint density at radius 3 is 2.00 bits per heavy atom. The van der Waals surface area contributed by atoms with E-state index in [0.717, 1.165) is 0 Å². The van der Waals surface area contributed by atoms with E-state index in [4.69, 9.17) is 15.3 Å². The first-order valence-electron chi connectivity index (χ1n) is 4.01. The molecule has 1 rings (SSSR count). The van der Waals surface area contributed by atoms with Crippen LogP contribution in [0, 0.1) is 0 Å². The van der Waals surface area contributed by atoms with Gasteiger partial charge in [-0.15, -0.1) is 0 Å². The molecule has 0 aromatic rings. The van der Waals surface area contributed by atoms with Crippen molar-refractivity contribution in [3.05, 3.63) is 0 Å². The van der Waals surface area contributed by atoms with Gasteiger partial charge in [0.2, 0.25) is 0 Å². The second-order valence-electron chi connectivity index (χ2n) is 3.20. The number of aliphatic hydroxyl groups excluding tert-OH is 5. The summed E-state index contributed by atoms with van der Waals surface area (Å²) in [6, 6.07) is 0. The molecule has 5 N–H and O–H groups in total.